The first kappa shape index (κ1) is 13.4. The van der Waals surface area contributed by atoms with E-state index >= 15 is 0 Å². The molecule has 0 fully saturated rings. The molecule has 100 valence electrons. The molecule has 0 unspecified atom stereocenters. The molecule has 1 amide bonds. The maximum Gasteiger partial charge on any atom is 0.224 e. The molecule has 0 bridgehead atoms. The van der Waals surface area contributed by atoms with Gasteiger partial charge in [0.1, 0.15) is 0 Å². The normalized spacial score (nSPS) is 10.4. The number of amides is 1. The van der Waals surface area contributed by atoms with Crippen LogP contribution >= 0.6 is 0 Å². The number of anilines is 1. The summed E-state index contributed by atoms with van der Waals surface area (Å²) >= 11 is 0. The first-order valence-corrected chi connectivity index (χ1v) is 6.70. The Morgan fingerprint density at radius 3 is 2.68 bits per heavy atom. The summed E-state index contributed by atoms with van der Waals surface area (Å²) < 4.78 is 5.71. The summed E-state index contributed by atoms with van der Waals surface area (Å²) in [5.41, 5.74) is 0.749. The largest absolute Gasteiger partial charge is 0.491 e. The fourth-order valence-corrected chi connectivity index (χ4v) is 2.08. The summed E-state index contributed by atoms with van der Waals surface area (Å²) in [5, 5.41) is 5.06. The van der Waals surface area contributed by atoms with Crippen molar-refractivity contribution < 1.29 is 9.53 Å². The third-order valence-corrected chi connectivity index (χ3v) is 2.92. The minimum atomic E-state index is 0.0266. The Hall–Kier alpha value is -2.03. The van der Waals surface area contributed by atoms with E-state index in [2.05, 4.69) is 5.32 Å². The highest BCUT2D eigenvalue weighted by molar-refractivity contribution is 5.99. The van der Waals surface area contributed by atoms with Gasteiger partial charge in [-0.15, -0.1) is 0 Å². The predicted octanol–water partition coefficient (Wildman–Crippen LogP) is 3.98. The number of rotatable bonds is 5. The maximum atomic E-state index is 11.7. The van der Waals surface area contributed by atoms with Crippen LogP contribution in [0.4, 0.5) is 5.69 Å². The number of ether oxygens (including phenoxy) is 1. The van der Waals surface area contributed by atoms with Crippen molar-refractivity contribution in [3.63, 3.8) is 0 Å². The zero-order valence-electron chi connectivity index (χ0n) is 11.4. The molecule has 0 aliphatic heterocycles. The van der Waals surface area contributed by atoms with Gasteiger partial charge < -0.3 is 10.1 Å². The molecule has 2 rings (SSSR count). The van der Waals surface area contributed by atoms with Crippen LogP contribution in [0.2, 0.25) is 0 Å². The molecule has 2 aromatic carbocycles. The Morgan fingerprint density at radius 2 is 1.95 bits per heavy atom. The number of nitrogens with one attached hydrogen (secondary N) is 1. The SMILES string of the molecule is CCCC(=O)Nc1ccc2ccccc2c1OCC. The van der Waals surface area contributed by atoms with Gasteiger partial charge in [0.05, 0.1) is 12.3 Å². The van der Waals surface area contributed by atoms with Crippen LogP contribution in [0.25, 0.3) is 10.8 Å². The third kappa shape index (κ3) is 3.05. The van der Waals surface area contributed by atoms with Gasteiger partial charge in [0, 0.05) is 11.8 Å². The second-order valence-corrected chi connectivity index (χ2v) is 4.39. The average molecular weight is 257 g/mol. The zero-order valence-corrected chi connectivity index (χ0v) is 11.4. The van der Waals surface area contributed by atoms with Crippen LogP contribution in [0, 0.1) is 0 Å². The molecule has 0 aliphatic rings. The molecule has 1 N–H and O–H groups in total. The number of hydrogen-bond acceptors (Lipinski definition) is 2. The van der Waals surface area contributed by atoms with Crippen LogP contribution in [0.3, 0.4) is 0 Å². The zero-order chi connectivity index (χ0) is 13.7. The standard InChI is InChI=1S/C16H19NO2/c1-3-7-15(18)17-14-11-10-12-8-5-6-9-13(12)16(14)19-4-2/h5-6,8-11H,3-4,7H2,1-2H3,(H,17,18). The average Bonchev–Trinajstić information content (AvgIpc) is 2.42. The van der Waals surface area contributed by atoms with Gasteiger partial charge >= 0.3 is 0 Å². The fraction of sp³-hybridized carbons (Fsp3) is 0.312. The van der Waals surface area contributed by atoms with E-state index in [4.69, 9.17) is 4.74 Å². The van der Waals surface area contributed by atoms with Gasteiger partial charge in [-0.3, -0.25) is 4.79 Å². The second-order valence-electron chi connectivity index (χ2n) is 4.39. The van der Waals surface area contributed by atoms with E-state index in [1.807, 2.05) is 50.2 Å². The number of fused-ring (bicyclic) bond motifs is 1. The molecule has 0 heterocycles. The summed E-state index contributed by atoms with van der Waals surface area (Å²) in [4.78, 5) is 11.7. The van der Waals surface area contributed by atoms with E-state index in [1.165, 1.54) is 0 Å². The van der Waals surface area contributed by atoms with Crippen LogP contribution in [-0.2, 0) is 4.79 Å². The molecule has 0 aliphatic carbocycles. The van der Waals surface area contributed by atoms with Crippen LogP contribution in [0.1, 0.15) is 26.7 Å². The lowest BCUT2D eigenvalue weighted by atomic mass is 10.1. The van der Waals surface area contributed by atoms with Crippen molar-refractivity contribution in [3.8, 4) is 5.75 Å². The smallest absolute Gasteiger partial charge is 0.224 e. The van der Waals surface area contributed by atoms with Crippen molar-refractivity contribution in [2.24, 2.45) is 0 Å². The lowest BCUT2D eigenvalue weighted by molar-refractivity contribution is -0.116. The van der Waals surface area contributed by atoms with Crippen LogP contribution < -0.4 is 10.1 Å². The Kier molecular flexibility index (Phi) is 4.39. The van der Waals surface area contributed by atoms with Gasteiger partial charge in [0.25, 0.3) is 0 Å². The van der Waals surface area contributed by atoms with E-state index in [0.717, 1.165) is 28.6 Å². The molecule has 2 aromatic rings. The van der Waals surface area contributed by atoms with Crippen molar-refractivity contribution in [1.29, 1.82) is 0 Å². The van der Waals surface area contributed by atoms with Gasteiger partial charge in [0.15, 0.2) is 5.75 Å². The Labute approximate surface area is 113 Å². The molecular weight excluding hydrogens is 238 g/mol. The van der Waals surface area contributed by atoms with Crippen molar-refractivity contribution in [3.05, 3.63) is 36.4 Å². The topological polar surface area (TPSA) is 38.3 Å². The second kappa shape index (κ2) is 6.23. The van der Waals surface area contributed by atoms with Crippen LogP contribution in [-0.4, -0.2) is 12.5 Å². The molecule has 3 nitrogen and oxygen atoms in total. The summed E-state index contributed by atoms with van der Waals surface area (Å²) in [6.07, 6.45) is 1.36. The minimum Gasteiger partial charge on any atom is -0.491 e. The Morgan fingerprint density at radius 1 is 1.16 bits per heavy atom. The van der Waals surface area contributed by atoms with E-state index in [-0.39, 0.29) is 5.91 Å². The van der Waals surface area contributed by atoms with Gasteiger partial charge in [-0.05, 0) is 24.8 Å². The highest BCUT2D eigenvalue weighted by Gasteiger charge is 2.10. The van der Waals surface area contributed by atoms with E-state index < -0.39 is 0 Å². The van der Waals surface area contributed by atoms with Crippen molar-refractivity contribution in [2.45, 2.75) is 26.7 Å². The molecule has 0 saturated carbocycles. The van der Waals surface area contributed by atoms with Gasteiger partial charge in [-0.1, -0.05) is 37.3 Å². The van der Waals surface area contributed by atoms with E-state index in [0.29, 0.717) is 13.0 Å². The van der Waals surface area contributed by atoms with Crippen LogP contribution in [0.15, 0.2) is 36.4 Å². The summed E-state index contributed by atoms with van der Waals surface area (Å²) in [7, 11) is 0. The first-order valence-electron chi connectivity index (χ1n) is 6.70. The Balaban J connectivity index is 2.42. The molecule has 0 spiro atoms. The molecule has 0 atom stereocenters. The number of carbonyl (C=O) groups is 1. The molecule has 19 heavy (non-hydrogen) atoms. The summed E-state index contributed by atoms with van der Waals surface area (Å²) in [5.74, 6) is 0.781. The maximum absolute atomic E-state index is 11.7. The minimum absolute atomic E-state index is 0.0266. The third-order valence-electron chi connectivity index (χ3n) is 2.92. The quantitative estimate of drug-likeness (QED) is 0.880. The first-order chi connectivity index (χ1) is 9.26. The monoisotopic (exact) mass is 257 g/mol. The number of carbonyl (C=O) groups excluding carboxylic acids is 1. The van der Waals surface area contributed by atoms with Crippen molar-refractivity contribution >= 4 is 22.4 Å². The Bertz CT molecular complexity index is 578. The molecule has 0 saturated heterocycles. The lowest BCUT2D eigenvalue weighted by Gasteiger charge is -2.14. The number of benzene rings is 2. The van der Waals surface area contributed by atoms with Gasteiger partial charge in [-0.2, -0.15) is 0 Å². The highest BCUT2D eigenvalue weighted by Crippen LogP contribution is 2.33. The van der Waals surface area contributed by atoms with Crippen molar-refractivity contribution in [1.82, 2.24) is 0 Å². The summed E-state index contributed by atoms with van der Waals surface area (Å²) in [6.45, 7) is 4.51. The highest BCUT2D eigenvalue weighted by atomic mass is 16.5. The summed E-state index contributed by atoms with van der Waals surface area (Å²) in [6, 6.07) is 11.9. The van der Waals surface area contributed by atoms with E-state index in [1.54, 1.807) is 0 Å². The molecule has 3 heteroatoms. The predicted molar refractivity (Wildman–Crippen MR) is 78.7 cm³/mol. The fourth-order valence-electron chi connectivity index (χ4n) is 2.08. The number of hydrogen-bond donors (Lipinski definition) is 1. The molecule has 0 radical (unpaired) electrons. The van der Waals surface area contributed by atoms with Gasteiger partial charge in [-0.25, -0.2) is 0 Å². The van der Waals surface area contributed by atoms with E-state index in [9.17, 15) is 4.79 Å². The molecular formula is C16H19NO2. The lowest BCUT2D eigenvalue weighted by Crippen LogP contribution is -2.12. The van der Waals surface area contributed by atoms with Crippen LogP contribution in [0.5, 0.6) is 5.75 Å². The molecule has 0 aromatic heterocycles. The van der Waals surface area contributed by atoms with Crippen molar-refractivity contribution in [2.75, 3.05) is 11.9 Å². The van der Waals surface area contributed by atoms with Gasteiger partial charge in [0.2, 0.25) is 5.91 Å².